The molecule has 0 N–H and O–H groups in total. The molecule has 1 fully saturated rings. The van der Waals surface area contributed by atoms with Crippen LogP contribution in [0.4, 0.5) is 0 Å². The van der Waals surface area contributed by atoms with Crippen molar-refractivity contribution in [2.75, 3.05) is 20.2 Å². The predicted octanol–water partition coefficient (Wildman–Crippen LogP) is 4.23. The monoisotopic (exact) mass is 358 g/mol. The number of aromatic nitrogens is 1. The number of pyridine rings is 1. The van der Waals surface area contributed by atoms with E-state index in [-0.39, 0.29) is 5.91 Å². The Morgan fingerprint density at radius 1 is 1.24 bits per heavy atom. The molecule has 25 heavy (non-hydrogen) atoms. The highest BCUT2D eigenvalue weighted by Gasteiger charge is 2.23. The Balaban J connectivity index is 1.47. The summed E-state index contributed by atoms with van der Waals surface area (Å²) >= 11 is 5.88. The fourth-order valence-corrected chi connectivity index (χ4v) is 3.48. The molecule has 0 atom stereocenters. The Hall–Kier alpha value is -2.07. The van der Waals surface area contributed by atoms with Crippen molar-refractivity contribution in [2.24, 2.45) is 5.92 Å². The van der Waals surface area contributed by atoms with Crippen molar-refractivity contribution in [2.45, 2.75) is 25.7 Å². The smallest absolute Gasteiger partial charge is 0.254 e. The Morgan fingerprint density at radius 3 is 2.60 bits per heavy atom. The van der Waals surface area contributed by atoms with E-state index in [9.17, 15) is 4.79 Å². The van der Waals surface area contributed by atoms with Crippen LogP contribution in [0.1, 0.15) is 35.2 Å². The first-order valence-electron chi connectivity index (χ1n) is 8.69. The topological polar surface area (TPSA) is 42.4 Å². The lowest BCUT2D eigenvalue weighted by Gasteiger charge is -2.32. The maximum atomic E-state index is 12.5. The Morgan fingerprint density at radius 2 is 1.96 bits per heavy atom. The third kappa shape index (κ3) is 4.73. The van der Waals surface area contributed by atoms with E-state index in [1.165, 1.54) is 5.56 Å². The number of hydrogen-bond acceptors (Lipinski definition) is 3. The number of carbonyl (C=O) groups is 1. The van der Waals surface area contributed by atoms with Gasteiger partial charge in [0.05, 0.1) is 7.11 Å². The van der Waals surface area contributed by atoms with Gasteiger partial charge in [0.25, 0.3) is 5.91 Å². The minimum Gasteiger partial charge on any atom is -0.497 e. The number of benzene rings is 1. The van der Waals surface area contributed by atoms with Crippen LogP contribution < -0.4 is 4.74 Å². The number of methoxy groups -OCH3 is 1. The zero-order chi connectivity index (χ0) is 17.6. The van der Waals surface area contributed by atoms with Crippen LogP contribution >= 0.6 is 11.6 Å². The van der Waals surface area contributed by atoms with Crippen LogP contribution in [0.15, 0.2) is 42.6 Å². The van der Waals surface area contributed by atoms with E-state index in [0.717, 1.165) is 44.5 Å². The van der Waals surface area contributed by atoms with Crippen molar-refractivity contribution in [3.8, 4) is 5.75 Å². The molecular weight excluding hydrogens is 336 g/mol. The highest BCUT2D eigenvalue weighted by molar-refractivity contribution is 6.29. The standard InChI is InChI=1S/C20H23ClN2O2/c1-25-18-6-4-15(5-7-18)2-3-16-9-12-23(13-10-16)20(24)17-8-11-22-19(21)14-17/h4-8,11,14,16H,2-3,9-10,12-13H2,1H3. The van der Waals surface area contributed by atoms with Gasteiger partial charge in [0.2, 0.25) is 0 Å². The molecule has 1 amide bonds. The molecule has 1 aliphatic rings. The number of amides is 1. The SMILES string of the molecule is COc1ccc(CCC2CCN(C(=O)c3ccnc(Cl)c3)CC2)cc1. The molecular formula is C20H23ClN2O2. The van der Waals surface area contributed by atoms with E-state index < -0.39 is 0 Å². The number of hydrogen-bond donors (Lipinski definition) is 0. The van der Waals surface area contributed by atoms with Crippen molar-refractivity contribution in [3.63, 3.8) is 0 Å². The number of halogens is 1. The average Bonchev–Trinajstić information content (AvgIpc) is 2.66. The molecule has 0 unspecified atom stereocenters. The van der Waals surface area contributed by atoms with Crippen LogP contribution in [0.2, 0.25) is 5.15 Å². The van der Waals surface area contributed by atoms with E-state index in [1.807, 2.05) is 17.0 Å². The lowest BCUT2D eigenvalue weighted by Crippen LogP contribution is -2.38. The molecule has 4 nitrogen and oxygen atoms in total. The predicted molar refractivity (Wildman–Crippen MR) is 99.2 cm³/mol. The second kappa shape index (κ2) is 8.34. The van der Waals surface area contributed by atoms with Gasteiger partial charge in [-0.2, -0.15) is 0 Å². The summed E-state index contributed by atoms with van der Waals surface area (Å²) in [7, 11) is 1.68. The molecule has 2 heterocycles. The molecule has 3 rings (SSSR count). The average molecular weight is 359 g/mol. The number of likely N-dealkylation sites (tertiary alicyclic amines) is 1. The van der Waals surface area contributed by atoms with Crippen molar-refractivity contribution >= 4 is 17.5 Å². The summed E-state index contributed by atoms with van der Waals surface area (Å²) in [5, 5.41) is 0.361. The van der Waals surface area contributed by atoms with E-state index in [1.54, 1.807) is 25.4 Å². The van der Waals surface area contributed by atoms with Gasteiger partial charge in [-0.05, 0) is 61.4 Å². The second-order valence-electron chi connectivity index (χ2n) is 6.49. The van der Waals surface area contributed by atoms with Gasteiger partial charge in [0, 0.05) is 24.8 Å². The van der Waals surface area contributed by atoms with Crippen LogP contribution in [-0.4, -0.2) is 36.0 Å². The van der Waals surface area contributed by atoms with Crippen molar-refractivity contribution in [3.05, 3.63) is 58.9 Å². The van der Waals surface area contributed by atoms with Crippen molar-refractivity contribution < 1.29 is 9.53 Å². The second-order valence-corrected chi connectivity index (χ2v) is 6.88. The number of nitrogens with zero attached hydrogens (tertiary/aromatic N) is 2. The van der Waals surface area contributed by atoms with Crippen LogP contribution in [0.3, 0.4) is 0 Å². The molecule has 1 aromatic heterocycles. The fraction of sp³-hybridized carbons (Fsp3) is 0.400. The first-order chi connectivity index (χ1) is 12.2. The summed E-state index contributed by atoms with van der Waals surface area (Å²) in [6.45, 7) is 1.62. The summed E-state index contributed by atoms with van der Waals surface area (Å²) in [5.74, 6) is 1.62. The molecule has 1 aliphatic heterocycles. The van der Waals surface area contributed by atoms with Gasteiger partial charge in [0.15, 0.2) is 0 Å². The fourth-order valence-electron chi connectivity index (χ4n) is 3.31. The van der Waals surface area contributed by atoms with Crippen LogP contribution in [-0.2, 0) is 6.42 Å². The van der Waals surface area contributed by atoms with Crippen LogP contribution in [0.25, 0.3) is 0 Å². The summed E-state index contributed by atoms with van der Waals surface area (Å²) in [6.07, 6.45) is 5.93. The molecule has 0 spiro atoms. The molecule has 5 heteroatoms. The van der Waals surface area contributed by atoms with Gasteiger partial charge in [-0.3, -0.25) is 4.79 Å². The minimum atomic E-state index is 0.0536. The third-order valence-corrected chi connectivity index (χ3v) is 5.08. The van der Waals surface area contributed by atoms with Crippen molar-refractivity contribution in [1.82, 2.24) is 9.88 Å². The van der Waals surface area contributed by atoms with Gasteiger partial charge in [0.1, 0.15) is 10.9 Å². The van der Waals surface area contributed by atoms with Gasteiger partial charge < -0.3 is 9.64 Å². The molecule has 2 aromatic rings. The molecule has 0 aliphatic carbocycles. The Bertz CT molecular complexity index is 710. The highest BCUT2D eigenvalue weighted by Crippen LogP contribution is 2.24. The molecule has 132 valence electrons. The quantitative estimate of drug-likeness (QED) is 0.751. The van der Waals surface area contributed by atoms with Gasteiger partial charge in [-0.15, -0.1) is 0 Å². The van der Waals surface area contributed by atoms with Gasteiger partial charge >= 0.3 is 0 Å². The number of ether oxygens (including phenoxy) is 1. The third-order valence-electron chi connectivity index (χ3n) is 4.88. The summed E-state index contributed by atoms with van der Waals surface area (Å²) in [5.41, 5.74) is 1.96. The molecule has 0 radical (unpaired) electrons. The normalized spacial score (nSPS) is 15.2. The van der Waals surface area contributed by atoms with Gasteiger partial charge in [-0.1, -0.05) is 23.7 Å². The largest absolute Gasteiger partial charge is 0.497 e. The number of carbonyl (C=O) groups excluding carboxylic acids is 1. The summed E-state index contributed by atoms with van der Waals surface area (Å²) in [4.78, 5) is 18.4. The first-order valence-corrected chi connectivity index (χ1v) is 9.07. The molecule has 0 saturated carbocycles. The zero-order valence-electron chi connectivity index (χ0n) is 14.5. The zero-order valence-corrected chi connectivity index (χ0v) is 15.2. The van der Waals surface area contributed by atoms with Crippen LogP contribution in [0, 0.1) is 5.92 Å². The first kappa shape index (κ1) is 17.7. The maximum Gasteiger partial charge on any atom is 0.254 e. The number of rotatable bonds is 5. The van der Waals surface area contributed by atoms with E-state index in [0.29, 0.717) is 16.6 Å². The van der Waals surface area contributed by atoms with Gasteiger partial charge in [-0.25, -0.2) is 4.98 Å². The summed E-state index contributed by atoms with van der Waals surface area (Å²) < 4.78 is 5.19. The highest BCUT2D eigenvalue weighted by atomic mass is 35.5. The van der Waals surface area contributed by atoms with E-state index >= 15 is 0 Å². The van der Waals surface area contributed by atoms with Crippen molar-refractivity contribution in [1.29, 1.82) is 0 Å². The lowest BCUT2D eigenvalue weighted by molar-refractivity contribution is 0.0687. The van der Waals surface area contributed by atoms with E-state index in [2.05, 4.69) is 17.1 Å². The molecule has 1 aromatic carbocycles. The van der Waals surface area contributed by atoms with E-state index in [4.69, 9.17) is 16.3 Å². The summed E-state index contributed by atoms with van der Waals surface area (Å²) in [6, 6.07) is 11.6. The minimum absolute atomic E-state index is 0.0536. The van der Waals surface area contributed by atoms with Crippen LogP contribution in [0.5, 0.6) is 5.75 Å². The Labute approximate surface area is 153 Å². The number of piperidine rings is 1. The maximum absolute atomic E-state index is 12.5. The number of aryl methyl sites for hydroxylation is 1. The molecule has 1 saturated heterocycles. The molecule has 0 bridgehead atoms. The Kier molecular flexibility index (Phi) is 5.92. The lowest BCUT2D eigenvalue weighted by atomic mass is 9.90.